The molecule has 0 radical (unpaired) electrons. The van der Waals surface area contributed by atoms with Crippen LogP contribution >= 0.6 is 0 Å². The van der Waals surface area contributed by atoms with Crippen LogP contribution in [-0.2, 0) is 9.47 Å². The lowest BCUT2D eigenvalue weighted by molar-refractivity contribution is -0.385. The highest BCUT2D eigenvalue weighted by atomic mass is 16.6. The highest BCUT2D eigenvalue weighted by Crippen LogP contribution is 2.22. The van der Waals surface area contributed by atoms with Crippen molar-refractivity contribution in [2.24, 2.45) is 11.8 Å². The number of Topliss-reactive ketones (excluding diaryl/α,β-unsaturated/α-hetero) is 2. The molecule has 0 bridgehead atoms. The third-order valence-corrected chi connectivity index (χ3v) is 6.89. The molecule has 13 heteroatoms. The van der Waals surface area contributed by atoms with Crippen LogP contribution in [0, 0.1) is 32.1 Å². The number of hydrogen-bond acceptors (Lipinski definition) is 10. The fourth-order valence-electron chi connectivity index (χ4n) is 4.51. The van der Waals surface area contributed by atoms with Crippen LogP contribution in [0.25, 0.3) is 0 Å². The number of nitrogens with zero attached hydrogens (tertiary/aromatic N) is 2. The largest absolute Gasteiger partial charge is 0.478 e. The highest BCUT2D eigenvalue weighted by Gasteiger charge is 2.21. The lowest BCUT2D eigenvalue weighted by Gasteiger charge is -2.06. The van der Waals surface area contributed by atoms with Gasteiger partial charge >= 0.3 is 5.97 Å². The number of carbonyl (C=O) groups excluding carboxylic acids is 2. The first-order valence-corrected chi connectivity index (χ1v) is 13.8. The van der Waals surface area contributed by atoms with Gasteiger partial charge in [0, 0.05) is 80.3 Å². The zero-order valence-corrected chi connectivity index (χ0v) is 23.8. The number of nitrogen functional groups attached to an aromatic ring is 1. The molecule has 2 fully saturated rings. The second kappa shape index (κ2) is 16.6. The number of ketones is 2. The molecule has 0 saturated carbocycles. The molecule has 3 aromatic rings. The first kappa shape index (κ1) is 33.5. The van der Waals surface area contributed by atoms with Crippen molar-refractivity contribution in [1.82, 2.24) is 0 Å². The number of carboxylic acid groups (broad SMARTS) is 1. The van der Waals surface area contributed by atoms with E-state index in [-0.39, 0.29) is 34.4 Å². The Morgan fingerprint density at radius 3 is 1.57 bits per heavy atom. The Kier molecular flexibility index (Phi) is 12.6. The summed E-state index contributed by atoms with van der Waals surface area (Å²) in [6.45, 7) is 2.82. The van der Waals surface area contributed by atoms with Gasteiger partial charge in [-0.3, -0.25) is 29.8 Å². The Balaban J connectivity index is 0.000000183. The number of non-ortho nitro benzene ring substituents is 2. The Labute approximate surface area is 252 Å². The second-order valence-electron chi connectivity index (χ2n) is 10.3. The molecule has 5 rings (SSSR count). The molecule has 2 aliphatic heterocycles. The molecule has 2 unspecified atom stereocenters. The van der Waals surface area contributed by atoms with Crippen molar-refractivity contribution in [2.45, 2.75) is 25.7 Å². The monoisotopic (exact) mass is 607 g/mol. The number of rotatable bonds is 9. The number of hydrogen-bond donors (Lipinski definition) is 2. The third kappa shape index (κ3) is 10.7. The lowest BCUT2D eigenvalue weighted by atomic mass is 9.97. The lowest BCUT2D eigenvalue weighted by Crippen LogP contribution is -2.08. The maximum Gasteiger partial charge on any atom is 0.335 e. The van der Waals surface area contributed by atoms with Crippen LogP contribution < -0.4 is 5.73 Å². The number of carboxylic acids is 1. The van der Waals surface area contributed by atoms with E-state index in [0.29, 0.717) is 55.4 Å². The summed E-state index contributed by atoms with van der Waals surface area (Å²) in [7, 11) is 0. The van der Waals surface area contributed by atoms with Crippen molar-refractivity contribution < 1.29 is 38.8 Å². The van der Waals surface area contributed by atoms with Gasteiger partial charge in [-0.2, -0.15) is 0 Å². The first-order valence-electron chi connectivity index (χ1n) is 13.8. The van der Waals surface area contributed by atoms with E-state index in [1.54, 1.807) is 18.2 Å². The average molecular weight is 608 g/mol. The summed E-state index contributed by atoms with van der Waals surface area (Å²) in [5.41, 5.74) is 7.05. The normalized spacial score (nSPS) is 16.9. The van der Waals surface area contributed by atoms with Crippen LogP contribution in [0.2, 0.25) is 0 Å². The Morgan fingerprint density at radius 1 is 0.727 bits per heavy atom. The Bertz CT molecular complexity index is 1450. The second-order valence-corrected chi connectivity index (χ2v) is 10.3. The maximum atomic E-state index is 11.9. The molecule has 2 saturated heterocycles. The molecule has 44 heavy (non-hydrogen) atoms. The van der Waals surface area contributed by atoms with Crippen molar-refractivity contribution in [3.05, 3.63) is 110 Å². The number of carbonyl (C=O) groups is 3. The molecule has 0 aliphatic carbocycles. The molecule has 0 amide bonds. The summed E-state index contributed by atoms with van der Waals surface area (Å²) in [5, 5.41) is 29.3. The van der Waals surface area contributed by atoms with Crippen LogP contribution in [0.1, 0.15) is 56.8 Å². The van der Waals surface area contributed by atoms with Crippen LogP contribution in [-0.4, -0.2) is 58.9 Å². The van der Waals surface area contributed by atoms with Gasteiger partial charge in [-0.1, -0.05) is 30.3 Å². The molecular weight excluding hydrogens is 574 g/mol. The number of ether oxygens (including phenoxy) is 2. The summed E-state index contributed by atoms with van der Waals surface area (Å²) in [4.78, 5) is 53.8. The smallest absolute Gasteiger partial charge is 0.335 e. The van der Waals surface area contributed by atoms with E-state index in [0.717, 1.165) is 25.5 Å². The first-order chi connectivity index (χ1) is 21.0. The molecule has 0 aromatic heterocycles. The van der Waals surface area contributed by atoms with Crippen LogP contribution in [0.5, 0.6) is 0 Å². The van der Waals surface area contributed by atoms with Gasteiger partial charge in [0.2, 0.25) is 0 Å². The molecule has 0 spiro atoms. The number of anilines is 1. The van der Waals surface area contributed by atoms with Crippen LogP contribution in [0.3, 0.4) is 0 Å². The van der Waals surface area contributed by atoms with Crippen molar-refractivity contribution in [2.75, 3.05) is 32.2 Å². The zero-order chi connectivity index (χ0) is 32.1. The molecule has 13 nitrogen and oxygen atoms in total. The quantitative estimate of drug-likeness (QED) is 0.137. The van der Waals surface area contributed by atoms with Crippen LogP contribution in [0.15, 0.2) is 72.8 Å². The molecule has 3 aromatic carbocycles. The summed E-state index contributed by atoms with van der Waals surface area (Å²) in [5.74, 6) is -0.415. The molecule has 232 valence electrons. The maximum absolute atomic E-state index is 11.9. The van der Waals surface area contributed by atoms with E-state index in [1.165, 1.54) is 36.4 Å². The van der Waals surface area contributed by atoms with Crippen molar-refractivity contribution in [3.8, 4) is 0 Å². The summed E-state index contributed by atoms with van der Waals surface area (Å²) >= 11 is 0. The highest BCUT2D eigenvalue weighted by molar-refractivity contribution is 5.97. The van der Waals surface area contributed by atoms with E-state index in [4.69, 9.17) is 20.3 Å². The predicted octanol–water partition coefficient (Wildman–Crippen LogP) is 5.38. The van der Waals surface area contributed by atoms with Gasteiger partial charge in [-0.05, 0) is 42.9 Å². The predicted molar refractivity (Wildman–Crippen MR) is 160 cm³/mol. The number of nitro groups is 2. The molecule has 2 aliphatic rings. The Morgan fingerprint density at radius 2 is 1.16 bits per heavy atom. The van der Waals surface area contributed by atoms with E-state index in [2.05, 4.69) is 0 Å². The molecular formula is C31H33N3O10. The minimum absolute atomic E-state index is 0.0430. The van der Waals surface area contributed by atoms with Crippen molar-refractivity contribution in [1.29, 1.82) is 0 Å². The minimum atomic E-state index is -1.17. The van der Waals surface area contributed by atoms with Gasteiger partial charge in [0.15, 0.2) is 11.6 Å². The van der Waals surface area contributed by atoms with E-state index >= 15 is 0 Å². The third-order valence-electron chi connectivity index (χ3n) is 6.89. The van der Waals surface area contributed by atoms with Gasteiger partial charge in [-0.15, -0.1) is 0 Å². The topological polar surface area (TPSA) is 202 Å². The van der Waals surface area contributed by atoms with Crippen molar-refractivity contribution >= 4 is 34.6 Å². The zero-order valence-electron chi connectivity index (χ0n) is 23.8. The van der Waals surface area contributed by atoms with Gasteiger partial charge < -0.3 is 20.3 Å². The fraction of sp³-hybridized carbons (Fsp3) is 0.323. The number of benzene rings is 3. The number of nitro benzene ring substituents is 2. The number of nitrogens with two attached hydrogens (primary N) is 1. The van der Waals surface area contributed by atoms with E-state index < -0.39 is 15.8 Å². The van der Waals surface area contributed by atoms with Gasteiger partial charge in [0.1, 0.15) is 0 Å². The van der Waals surface area contributed by atoms with Gasteiger partial charge in [0.25, 0.3) is 11.4 Å². The molecule has 2 atom stereocenters. The SMILES string of the molecule is Nc1cccc(C(=O)CC2CCOC2)c1.O=C(CC1CCOC1)c1cccc([N+](=O)[O-])c1.O=C(O)c1cccc([N+](=O)[O-])c1. The van der Waals surface area contributed by atoms with Gasteiger partial charge in [-0.25, -0.2) is 4.79 Å². The molecule has 3 N–H and O–H groups in total. The van der Waals surface area contributed by atoms with E-state index in [1.807, 2.05) is 12.1 Å². The van der Waals surface area contributed by atoms with Crippen molar-refractivity contribution in [3.63, 3.8) is 0 Å². The molecule has 2 heterocycles. The van der Waals surface area contributed by atoms with Gasteiger partial charge in [0.05, 0.1) is 15.4 Å². The standard InChI is InChI=1S/C12H13NO4.C12H15NO2.C7H5NO4/c14-12(6-9-4-5-17-8-9)10-2-1-3-11(7-10)13(15)16;13-11-3-1-2-10(7-11)12(14)6-9-4-5-15-8-9;9-7(10)5-2-1-3-6(4-5)8(11)12/h1-3,7,9H,4-6,8H2;1-3,7,9H,4-6,8,13H2;1-4H,(H,9,10). The summed E-state index contributed by atoms with van der Waals surface area (Å²) in [6, 6.07) is 17.9. The average Bonchev–Trinajstić information content (AvgIpc) is 3.73. The van der Waals surface area contributed by atoms with E-state index in [9.17, 15) is 34.6 Å². The fourth-order valence-corrected chi connectivity index (χ4v) is 4.51. The minimum Gasteiger partial charge on any atom is -0.478 e. The van der Waals surface area contributed by atoms with Crippen LogP contribution in [0.4, 0.5) is 17.1 Å². The summed E-state index contributed by atoms with van der Waals surface area (Å²) in [6.07, 6.45) is 2.86. The summed E-state index contributed by atoms with van der Waals surface area (Å²) < 4.78 is 10.4. The Hall–Kier alpha value is -5.01. The number of aromatic carboxylic acids is 1.